The highest BCUT2D eigenvalue weighted by molar-refractivity contribution is 5.27. The van der Waals surface area contributed by atoms with Gasteiger partial charge in [-0.3, -0.25) is 0 Å². The van der Waals surface area contributed by atoms with Crippen LogP contribution in [0.2, 0.25) is 0 Å². The molecular formula is C17H30N2O. The van der Waals surface area contributed by atoms with E-state index in [1.165, 1.54) is 11.1 Å². The van der Waals surface area contributed by atoms with Crippen molar-refractivity contribution in [2.45, 2.75) is 32.7 Å². The van der Waals surface area contributed by atoms with Crippen LogP contribution in [-0.2, 0) is 16.7 Å². The zero-order valence-corrected chi connectivity index (χ0v) is 13.7. The summed E-state index contributed by atoms with van der Waals surface area (Å²) in [5.41, 5.74) is 2.94. The van der Waals surface area contributed by atoms with Crippen LogP contribution < -0.4 is 5.32 Å². The molecule has 0 saturated carbocycles. The minimum Gasteiger partial charge on any atom is -0.379 e. The largest absolute Gasteiger partial charge is 0.379 e. The first-order valence-electron chi connectivity index (χ1n) is 7.42. The molecule has 0 aliphatic heterocycles. The molecule has 0 radical (unpaired) electrons. The minimum absolute atomic E-state index is 0.228. The fraction of sp³-hybridized carbons (Fsp3) is 0.647. The van der Waals surface area contributed by atoms with Crippen LogP contribution in [0.25, 0.3) is 0 Å². The van der Waals surface area contributed by atoms with Gasteiger partial charge in [-0.2, -0.15) is 0 Å². The number of benzene rings is 1. The van der Waals surface area contributed by atoms with Gasteiger partial charge >= 0.3 is 0 Å². The van der Waals surface area contributed by atoms with Crippen molar-refractivity contribution in [3.63, 3.8) is 0 Å². The topological polar surface area (TPSA) is 24.5 Å². The molecule has 0 saturated heterocycles. The summed E-state index contributed by atoms with van der Waals surface area (Å²) in [6.07, 6.45) is 0. The van der Waals surface area contributed by atoms with Crippen molar-refractivity contribution in [1.29, 1.82) is 0 Å². The molecule has 1 aromatic carbocycles. The number of nitrogens with zero attached hydrogens (tertiary/aromatic N) is 1. The van der Waals surface area contributed by atoms with Crippen LogP contribution in [0.1, 0.15) is 31.9 Å². The summed E-state index contributed by atoms with van der Waals surface area (Å²) >= 11 is 0. The van der Waals surface area contributed by atoms with E-state index in [1.807, 2.05) is 0 Å². The number of nitrogens with one attached hydrogen (secondary N) is 1. The van der Waals surface area contributed by atoms with Crippen molar-refractivity contribution in [3.8, 4) is 0 Å². The van der Waals surface area contributed by atoms with Crippen LogP contribution in [0, 0.1) is 0 Å². The number of ether oxygens (including phenoxy) is 1. The third-order valence-corrected chi connectivity index (χ3v) is 3.26. The van der Waals surface area contributed by atoms with Gasteiger partial charge in [-0.25, -0.2) is 0 Å². The van der Waals surface area contributed by atoms with Gasteiger partial charge in [0.1, 0.15) is 0 Å². The molecule has 0 heterocycles. The van der Waals surface area contributed by atoms with Crippen molar-refractivity contribution in [2.24, 2.45) is 0 Å². The van der Waals surface area contributed by atoms with Crippen LogP contribution in [0.4, 0.5) is 0 Å². The van der Waals surface area contributed by atoms with E-state index in [1.54, 1.807) is 0 Å². The Bertz CT molecular complexity index is 366. The predicted octanol–water partition coefficient (Wildman–Crippen LogP) is 2.65. The van der Waals surface area contributed by atoms with E-state index in [0.29, 0.717) is 0 Å². The maximum Gasteiger partial charge on any atom is 0.0593 e. The lowest BCUT2D eigenvalue weighted by atomic mass is 9.87. The Kier molecular flexibility index (Phi) is 7.20. The smallest absolute Gasteiger partial charge is 0.0593 e. The van der Waals surface area contributed by atoms with Crippen LogP contribution >= 0.6 is 0 Å². The summed E-state index contributed by atoms with van der Waals surface area (Å²) in [5.74, 6) is 0. The van der Waals surface area contributed by atoms with E-state index in [4.69, 9.17) is 4.74 Å². The van der Waals surface area contributed by atoms with Gasteiger partial charge in [-0.15, -0.1) is 0 Å². The van der Waals surface area contributed by atoms with Gasteiger partial charge in [0, 0.05) is 19.6 Å². The molecule has 0 bridgehead atoms. The SMILES string of the molecule is CN(C)CCOCCNCc1ccc(C(C)(C)C)cc1. The minimum atomic E-state index is 0.228. The highest BCUT2D eigenvalue weighted by Crippen LogP contribution is 2.21. The average molecular weight is 278 g/mol. The zero-order valence-electron chi connectivity index (χ0n) is 13.7. The number of hydrogen-bond donors (Lipinski definition) is 1. The molecular weight excluding hydrogens is 248 g/mol. The molecule has 0 amide bonds. The fourth-order valence-corrected chi connectivity index (χ4v) is 1.85. The first-order chi connectivity index (χ1) is 9.39. The molecule has 0 atom stereocenters. The van der Waals surface area contributed by atoms with E-state index in [0.717, 1.165) is 32.8 Å². The Hall–Kier alpha value is -0.900. The second-order valence-corrected chi connectivity index (χ2v) is 6.54. The monoisotopic (exact) mass is 278 g/mol. The van der Waals surface area contributed by atoms with Gasteiger partial charge < -0.3 is 15.0 Å². The standard InChI is InChI=1S/C17H30N2O/c1-17(2,3)16-8-6-15(7-9-16)14-18-10-12-20-13-11-19(4)5/h6-9,18H,10-14H2,1-5H3. The van der Waals surface area contributed by atoms with Crippen molar-refractivity contribution in [2.75, 3.05) is 40.4 Å². The molecule has 3 heteroatoms. The third kappa shape index (κ3) is 7.04. The second-order valence-electron chi connectivity index (χ2n) is 6.54. The Labute approximate surface area is 124 Å². The predicted molar refractivity (Wildman–Crippen MR) is 86.2 cm³/mol. The van der Waals surface area contributed by atoms with Crippen LogP contribution in [0.15, 0.2) is 24.3 Å². The van der Waals surface area contributed by atoms with Gasteiger partial charge in [0.05, 0.1) is 13.2 Å². The summed E-state index contributed by atoms with van der Waals surface area (Å²) in [6.45, 7) is 11.1. The summed E-state index contributed by atoms with van der Waals surface area (Å²) in [4.78, 5) is 2.13. The van der Waals surface area contributed by atoms with E-state index >= 15 is 0 Å². The molecule has 1 rings (SSSR count). The summed E-state index contributed by atoms with van der Waals surface area (Å²) < 4.78 is 5.54. The normalized spacial score (nSPS) is 12.1. The summed E-state index contributed by atoms with van der Waals surface area (Å²) in [7, 11) is 4.12. The van der Waals surface area contributed by atoms with Crippen molar-refractivity contribution < 1.29 is 4.74 Å². The van der Waals surface area contributed by atoms with E-state index in [2.05, 4.69) is 69.3 Å². The lowest BCUT2D eigenvalue weighted by molar-refractivity contribution is 0.119. The van der Waals surface area contributed by atoms with E-state index in [-0.39, 0.29) is 5.41 Å². The maximum atomic E-state index is 5.54. The Morgan fingerprint density at radius 3 is 2.25 bits per heavy atom. The average Bonchev–Trinajstić information content (AvgIpc) is 2.37. The summed E-state index contributed by atoms with van der Waals surface area (Å²) in [5, 5.41) is 3.41. The molecule has 0 aliphatic rings. The van der Waals surface area contributed by atoms with Crippen molar-refractivity contribution >= 4 is 0 Å². The lowest BCUT2D eigenvalue weighted by Crippen LogP contribution is -2.23. The van der Waals surface area contributed by atoms with Gasteiger partial charge in [0.2, 0.25) is 0 Å². The molecule has 0 aromatic heterocycles. The van der Waals surface area contributed by atoms with E-state index in [9.17, 15) is 0 Å². The third-order valence-electron chi connectivity index (χ3n) is 3.26. The molecule has 20 heavy (non-hydrogen) atoms. The van der Waals surface area contributed by atoms with E-state index < -0.39 is 0 Å². The quantitative estimate of drug-likeness (QED) is 0.740. The van der Waals surface area contributed by atoms with Crippen LogP contribution in [-0.4, -0.2) is 45.3 Å². The molecule has 0 unspecified atom stereocenters. The number of likely N-dealkylation sites (N-methyl/N-ethyl adjacent to an activating group) is 1. The maximum absolute atomic E-state index is 5.54. The molecule has 1 N–H and O–H groups in total. The molecule has 114 valence electrons. The summed E-state index contributed by atoms with van der Waals surface area (Å²) in [6, 6.07) is 8.87. The first kappa shape index (κ1) is 17.2. The van der Waals surface area contributed by atoms with Gasteiger partial charge in [-0.05, 0) is 30.6 Å². The highest BCUT2D eigenvalue weighted by Gasteiger charge is 2.12. The number of hydrogen-bond acceptors (Lipinski definition) is 3. The number of rotatable bonds is 8. The fourth-order valence-electron chi connectivity index (χ4n) is 1.85. The van der Waals surface area contributed by atoms with Gasteiger partial charge in [0.25, 0.3) is 0 Å². The second kappa shape index (κ2) is 8.40. The Morgan fingerprint density at radius 1 is 1.05 bits per heavy atom. The molecule has 3 nitrogen and oxygen atoms in total. The van der Waals surface area contributed by atoms with Crippen molar-refractivity contribution in [3.05, 3.63) is 35.4 Å². The lowest BCUT2D eigenvalue weighted by Gasteiger charge is -2.19. The first-order valence-corrected chi connectivity index (χ1v) is 7.42. The van der Waals surface area contributed by atoms with Gasteiger partial charge in [0.15, 0.2) is 0 Å². The highest BCUT2D eigenvalue weighted by atomic mass is 16.5. The molecule has 0 spiro atoms. The molecule has 1 aromatic rings. The Morgan fingerprint density at radius 2 is 1.70 bits per heavy atom. The molecule has 0 fully saturated rings. The van der Waals surface area contributed by atoms with Crippen LogP contribution in [0.3, 0.4) is 0 Å². The van der Waals surface area contributed by atoms with Crippen LogP contribution in [0.5, 0.6) is 0 Å². The molecule has 0 aliphatic carbocycles. The van der Waals surface area contributed by atoms with Gasteiger partial charge in [-0.1, -0.05) is 45.0 Å². The zero-order chi connectivity index (χ0) is 15.0. The van der Waals surface area contributed by atoms with Crippen molar-refractivity contribution in [1.82, 2.24) is 10.2 Å². The Balaban J connectivity index is 2.16.